The van der Waals surface area contributed by atoms with Crippen molar-refractivity contribution in [2.75, 3.05) is 0 Å². The third-order valence-corrected chi connectivity index (χ3v) is 7.50. The second-order valence-corrected chi connectivity index (χ2v) is 9.08. The van der Waals surface area contributed by atoms with E-state index in [4.69, 9.17) is 4.99 Å². The first-order valence-electron chi connectivity index (χ1n) is 9.71. The standard InChI is InChI=1S/C26H24NP/c1-21(22-12-8-9-13-22)27-20-23-14-10-11-19-26(23)28(24-15-4-2-5-16-24)25-17-6-3-7-18-25/h2-12,14-21H,13H2,1H3/t21-/m0/s1. The van der Waals surface area contributed by atoms with E-state index < -0.39 is 7.92 Å². The Morgan fingerprint density at radius 2 is 1.43 bits per heavy atom. The van der Waals surface area contributed by atoms with E-state index in [1.54, 1.807) is 0 Å². The molecule has 138 valence electrons. The van der Waals surface area contributed by atoms with Gasteiger partial charge in [-0.15, -0.1) is 0 Å². The van der Waals surface area contributed by atoms with E-state index in [-0.39, 0.29) is 6.04 Å². The van der Waals surface area contributed by atoms with Gasteiger partial charge in [0.15, 0.2) is 0 Å². The fourth-order valence-corrected chi connectivity index (χ4v) is 5.86. The second kappa shape index (κ2) is 8.95. The van der Waals surface area contributed by atoms with Crippen molar-refractivity contribution in [3.8, 4) is 0 Å². The van der Waals surface area contributed by atoms with Crippen molar-refractivity contribution in [3.63, 3.8) is 0 Å². The number of benzene rings is 3. The molecule has 0 saturated carbocycles. The summed E-state index contributed by atoms with van der Waals surface area (Å²) in [6.45, 7) is 2.18. The van der Waals surface area contributed by atoms with Crippen molar-refractivity contribution >= 4 is 30.0 Å². The Morgan fingerprint density at radius 3 is 2.04 bits per heavy atom. The number of rotatable bonds is 6. The molecule has 0 unspecified atom stereocenters. The van der Waals surface area contributed by atoms with E-state index in [2.05, 4.69) is 116 Å². The van der Waals surface area contributed by atoms with Crippen LogP contribution < -0.4 is 15.9 Å². The molecular weight excluding hydrogens is 357 g/mol. The lowest BCUT2D eigenvalue weighted by atomic mass is 10.1. The van der Waals surface area contributed by atoms with Crippen LogP contribution in [-0.2, 0) is 0 Å². The molecule has 0 spiro atoms. The summed E-state index contributed by atoms with van der Waals surface area (Å²) in [7, 11) is -0.626. The predicted molar refractivity (Wildman–Crippen MR) is 124 cm³/mol. The van der Waals surface area contributed by atoms with Crippen molar-refractivity contribution in [2.45, 2.75) is 19.4 Å². The van der Waals surface area contributed by atoms with Crippen LogP contribution in [0.25, 0.3) is 0 Å². The second-order valence-electron chi connectivity index (χ2n) is 6.89. The van der Waals surface area contributed by atoms with E-state index in [1.807, 2.05) is 0 Å². The van der Waals surface area contributed by atoms with Gasteiger partial charge in [-0.25, -0.2) is 0 Å². The highest BCUT2D eigenvalue weighted by atomic mass is 31.1. The highest BCUT2D eigenvalue weighted by Crippen LogP contribution is 2.33. The predicted octanol–water partition coefficient (Wildman–Crippen LogP) is 5.14. The molecule has 0 bridgehead atoms. The summed E-state index contributed by atoms with van der Waals surface area (Å²) in [5.74, 6) is 0. The summed E-state index contributed by atoms with van der Waals surface area (Å²) < 4.78 is 0. The average Bonchev–Trinajstić information content (AvgIpc) is 3.30. The molecule has 0 heterocycles. The first kappa shape index (κ1) is 18.6. The number of hydrogen-bond acceptors (Lipinski definition) is 1. The zero-order valence-electron chi connectivity index (χ0n) is 16.1. The highest BCUT2D eigenvalue weighted by molar-refractivity contribution is 7.80. The Bertz CT molecular complexity index is 963. The van der Waals surface area contributed by atoms with E-state index >= 15 is 0 Å². The molecule has 0 radical (unpaired) electrons. The van der Waals surface area contributed by atoms with Gasteiger partial charge < -0.3 is 0 Å². The third kappa shape index (κ3) is 4.21. The molecule has 3 aromatic carbocycles. The molecule has 1 aliphatic carbocycles. The number of allylic oxidation sites excluding steroid dienone is 3. The van der Waals surface area contributed by atoms with Crippen molar-refractivity contribution in [1.82, 2.24) is 0 Å². The van der Waals surface area contributed by atoms with Gasteiger partial charge in [-0.1, -0.05) is 103 Å². The van der Waals surface area contributed by atoms with Crippen LogP contribution >= 0.6 is 7.92 Å². The highest BCUT2D eigenvalue weighted by Gasteiger charge is 2.18. The van der Waals surface area contributed by atoms with E-state index in [9.17, 15) is 0 Å². The van der Waals surface area contributed by atoms with Gasteiger partial charge in [0.05, 0.1) is 6.04 Å². The normalized spacial score (nSPS) is 14.6. The molecule has 0 aromatic heterocycles. The molecule has 28 heavy (non-hydrogen) atoms. The largest absolute Gasteiger partial charge is 0.285 e. The number of hydrogen-bond donors (Lipinski definition) is 0. The number of aliphatic imine (C=N–C) groups is 1. The first-order chi connectivity index (χ1) is 13.8. The Balaban J connectivity index is 1.73. The molecule has 0 aliphatic heterocycles. The molecule has 3 aromatic rings. The maximum atomic E-state index is 4.88. The van der Waals surface area contributed by atoms with Crippen molar-refractivity contribution in [1.29, 1.82) is 0 Å². The van der Waals surface area contributed by atoms with Gasteiger partial charge >= 0.3 is 0 Å². The van der Waals surface area contributed by atoms with Crippen molar-refractivity contribution < 1.29 is 0 Å². The minimum Gasteiger partial charge on any atom is -0.285 e. The van der Waals surface area contributed by atoms with E-state index in [0.29, 0.717) is 0 Å². The zero-order chi connectivity index (χ0) is 19.2. The van der Waals surface area contributed by atoms with Crippen molar-refractivity contribution in [3.05, 3.63) is 114 Å². The smallest absolute Gasteiger partial charge is 0.0687 e. The van der Waals surface area contributed by atoms with Gasteiger partial charge in [0.1, 0.15) is 0 Å². The molecule has 1 nitrogen and oxygen atoms in total. The van der Waals surface area contributed by atoms with Gasteiger partial charge in [-0.2, -0.15) is 0 Å². The fourth-order valence-electron chi connectivity index (χ4n) is 3.44. The first-order valence-corrected chi connectivity index (χ1v) is 11.0. The Kier molecular flexibility index (Phi) is 5.95. The van der Waals surface area contributed by atoms with Crippen LogP contribution in [-0.4, -0.2) is 12.3 Å². The van der Waals surface area contributed by atoms with Gasteiger partial charge in [-0.05, 0) is 42.8 Å². The molecule has 0 saturated heterocycles. The molecule has 1 aliphatic rings. The van der Waals surface area contributed by atoms with Crippen molar-refractivity contribution in [2.24, 2.45) is 4.99 Å². The van der Waals surface area contributed by atoms with Crippen LogP contribution in [0.2, 0.25) is 0 Å². The summed E-state index contributed by atoms with van der Waals surface area (Å²) in [5.41, 5.74) is 2.59. The topological polar surface area (TPSA) is 12.4 Å². The quantitative estimate of drug-likeness (QED) is 0.414. The molecule has 0 N–H and O–H groups in total. The van der Waals surface area contributed by atoms with E-state index in [1.165, 1.54) is 27.1 Å². The lowest BCUT2D eigenvalue weighted by Crippen LogP contribution is -2.23. The van der Waals surface area contributed by atoms with Crippen LogP contribution in [0.4, 0.5) is 0 Å². The minimum atomic E-state index is -0.626. The summed E-state index contributed by atoms with van der Waals surface area (Å²) in [4.78, 5) is 4.88. The maximum Gasteiger partial charge on any atom is 0.0687 e. The summed E-state index contributed by atoms with van der Waals surface area (Å²) >= 11 is 0. The minimum absolute atomic E-state index is 0.211. The molecule has 0 fully saturated rings. The lowest BCUT2D eigenvalue weighted by Gasteiger charge is -2.21. The molecule has 1 atom stereocenters. The molecule has 4 rings (SSSR count). The van der Waals surface area contributed by atoms with Crippen LogP contribution in [0.5, 0.6) is 0 Å². The Hall–Kier alpha value is -2.76. The van der Waals surface area contributed by atoms with Crippen LogP contribution in [0.1, 0.15) is 18.9 Å². The van der Waals surface area contributed by atoms with Gasteiger partial charge in [-0.3, -0.25) is 4.99 Å². The third-order valence-electron chi connectivity index (χ3n) is 4.98. The molecule has 2 heteroatoms. The molecule has 0 amide bonds. The van der Waals surface area contributed by atoms with E-state index in [0.717, 1.165) is 6.42 Å². The average molecular weight is 381 g/mol. The lowest BCUT2D eigenvalue weighted by molar-refractivity contribution is 0.847. The fraction of sp³-hybridized carbons (Fsp3) is 0.115. The SMILES string of the molecule is C[C@H](N=Cc1ccccc1P(c1ccccc1)c1ccccc1)C1=CC=CC1. The summed E-state index contributed by atoms with van der Waals surface area (Å²) in [5, 5.41) is 4.07. The Morgan fingerprint density at radius 1 is 0.821 bits per heavy atom. The van der Waals surface area contributed by atoms with Crippen LogP contribution in [0.3, 0.4) is 0 Å². The Labute approximate surface area is 168 Å². The number of nitrogens with zero attached hydrogens (tertiary/aromatic N) is 1. The maximum absolute atomic E-state index is 4.88. The monoisotopic (exact) mass is 381 g/mol. The van der Waals surface area contributed by atoms with Gasteiger partial charge in [0, 0.05) is 11.8 Å². The van der Waals surface area contributed by atoms with Gasteiger partial charge in [0.25, 0.3) is 0 Å². The van der Waals surface area contributed by atoms with Crippen LogP contribution in [0.15, 0.2) is 114 Å². The van der Waals surface area contributed by atoms with Crippen LogP contribution in [0, 0.1) is 0 Å². The zero-order valence-corrected chi connectivity index (χ0v) is 17.0. The molecular formula is C26H24NP. The summed E-state index contributed by atoms with van der Waals surface area (Å²) in [6.07, 6.45) is 9.59. The summed E-state index contributed by atoms with van der Waals surface area (Å²) in [6, 6.07) is 30.6. The van der Waals surface area contributed by atoms with Gasteiger partial charge in [0.2, 0.25) is 0 Å².